The average molecular weight is 238 g/mol. The Labute approximate surface area is 98.1 Å². The molecule has 0 aromatic carbocycles. The zero-order valence-corrected chi connectivity index (χ0v) is 9.74. The first kappa shape index (κ1) is 12.5. The third-order valence-electron chi connectivity index (χ3n) is 2.00. The van der Waals surface area contributed by atoms with Crippen molar-refractivity contribution in [3.05, 3.63) is 32.8 Å². The summed E-state index contributed by atoms with van der Waals surface area (Å²) in [6.07, 6.45) is 2.32. The molecule has 0 unspecified atom stereocenters. The van der Waals surface area contributed by atoms with Crippen molar-refractivity contribution < 1.29 is 4.79 Å². The van der Waals surface area contributed by atoms with E-state index in [-0.39, 0.29) is 5.91 Å². The van der Waals surface area contributed by atoms with Crippen molar-refractivity contribution in [3.63, 3.8) is 0 Å². The van der Waals surface area contributed by atoms with Gasteiger partial charge in [0.05, 0.1) is 0 Å². The Bertz CT molecular complexity index is 357. The molecule has 1 amide bonds. The third kappa shape index (κ3) is 5.38. The Kier molecular flexibility index (Phi) is 6.06. The van der Waals surface area contributed by atoms with Crippen LogP contribution in [0.4, 0.5) is 0 Å². The van der Waals surface area contributed by atoms with E-state index >= 15 is 0 Å². The molecule has 0 aliphatic carbocycles. The van der Waals surface area contributed by atoms with E-state index in [0.717, 1.165) is 12.8 Å². The number of nitrogens with one attached hydrogen (secondary N) is 1. The van der Waals surface area contributed by atoms with E-state index in [4.69, 9.17) is 5.53 Å². The average Bonchev–Trinajstić information content (AvgIpc) is 2.77. The van der Waals surface area contributed by atoms with Gasteiger partial charge in [-0.05, 0) is 29.8 Å². The van der Waals surface area contributed by atoms with Crippen LogP contribution in [0.1, 0.15) is 17.7 Å². The molecule has 0 atom stereocenters. The summed E-state index contributed by atoms with van der Waals surface area (Å²) in [6.45, 7) is 0.731. The Balaban J connectivity index is 2.04. The Morgan fingerprint density at radius 1 is 1.62 bits per heavy atom. The van der Waals surface area contributed by atoms with Crippen molar-refractivity contribution in [1.29, 1.82) is 0 Å². The molecule has 0 bridgehead atoms. The summed E-state index contributed by atoms with van der Waals surface area (Å²) in [5.74, 6) is 0.0182. The van der Waals surface area contributed by atoms with Crippen LogP contribution in [0.5, 0.6) is 0 Å². The molecule has 5 nitrogen and oxygen atoms in total. The van der Waals surface area contributed by atoms with Gasteiger partial charge in [-0.15, -0.1) is 11.3 Å². The molecule has 0 aliphatic rings. The minimum Gasteiger partial charge on any atom is -0.356 e. The maximum Gasteiger partial charge on any atom is 0.220 e. The van der Waals surface area contributed by atoms with Crippen LogP contribution in [-0.4, -0.2) is 19.0 Å². The van der Waals surface area contributed by atoms with Crippen molar-refractivity contribution in [3.8, 4) is 0 Å². The minimum atomic E-state index is 0.0182. The molecule has 0 saturated carbocycles. The molecule has 1 rings (SSSR count). The predicted octanol–water partition coefficient (Wildman–Crippen LogP) is 2.50. The Morgan fingerprint density at radius 3 is 3.19 bits per heavy atom. The normalized spacial score (nSPS) is 9.50. The van der Waals surface area contributed by atoms with Crippen LogP contribution in [0, 0.1) is 0 Å². The molecule has 0 aliphatic heterocycles. The highest BCUT2D eigenvalue weighted by atomic mass is 32.1. The molecule has 86 valence electrons. The molecule has 1 aromatic rings. The van der Waals surface area contributed by atoms with Crippen LogP contribution in [-0.2, 0) is 11.2 Å². The van der Waals surface area contributed by atoms with Gasteiger partial charge in [0.25, 0.3) is 0 Å². The number of hydrogen-bond donors (Lipinski definition) is 1. The lowest BCUT2D eigenvalue weighted by molar-refractivity contribution is -0.121. The number of rotatable bonds is 7. The van der Waals surface area contributed by atoms with Gasteiger partial charge >= 0.3 is 0 Å². The molecule has 0 radical (unpaired) electrons. The molecule has 6 heteroatoms. The maximum atomic E-state index is 11.3. The standard InChI is InChI=1S/C10H14N4OS/c11-14-13-7-6-12-10(15)5-1-3-9-4-2-8-16-9/h2,4,8H,1,3,5-7H2,(H,12,15). The van der Waals surface area contributed by atoms with Crippen LogP contribution < -0.4 is 5.32 Å². The molecule has 0 saturated heterocycles. The van der Waals surface area contributed by atoms with Gasteiger partial charge < -0.3 is 5.32 Å². The topological polar surface area (TPSA) is 77.9 Å². The van der Waals surface area contributed by atoms with Gasteiger partial charge in [-0.3, -0.25) is 4.79 Å². The third-order valence-corrected chi connectivity index (χ3v) is 2.94. The fourth-order valence-electron chi connectivity index (χ4n) is 1.26. The predicted molar refractivity (Wildman–Crippen MR) is 64.3 cm³/mol. The quantitative estimate of drug-likeness (QED) is 0.337. The van der Waals surface area contributed by atoms with E-state index in [9.17, 15) is 4.79 Å². The summed E-state index contributed by atoms with van der Waals surface area (Å²) >= 11 is 1.71. The number of hydrogen-bond acceptors (Lipinski definition) is 3. The van der Waals surface area contributed by atoms with E-state index in [1.165, 1.54) is 4.88 Å². The molecule has 1 aromatic heterocycles. The number of carbonyl (C=O) groups excluding carboxylic acids is 1. The van der Waals surface area contributed by atoms with Gasteiger partial charge in [0, 0.05) is 29.3 Å². The highest BCUT2D eigenvalue weighted by Gasteiger charge is 2.00. The second kappa shape index (κ2) is 7.73. The highest BCUT2D eigenvalue weighted by molar-refractivity contribution is 7.09. The molecule has 1 N–H and O–H groups in total. The second-order valence-electron chi connectivity index (χ2n) is 3.24. The fourth-order valence-corrected chi connectivity index (χ4v) is 2.01. The Morgan fingerprint density at radius 2 is 2.50 bits per heavy atom. The van der Waals surface area contributed by atoms with Crippen molar-refractivity contribution >= 4 is 17.2 Å². The zero-order chi connectivity index (χ0) is 11.6. The largest absolute Gasteiger partial charge is 0.356 e. The summed E-state index contributed by atoms with van der Waals surface area (Å²) in [6, 6.07) is 4.09. The summed E-state index contributed by atoms with van der Waals surface area (Å²) in [4.78, 5) is 15.2. The summed E-state index contributed by atoms with van der Waals surface area (Å²) in [5.41, 5.74) is 8.03. The van der Waals surface area contributed by atoms with Crippen molar-refractivity contribution in [2.75, 3.05) is 13.1 Å². The summed E-state index contributed by atoms with van der Waals surface area (Å²) < 4.78 is 0. The molecular weight excluding hydrogens is 224 g/mol. The van der Waals surface area contributed by atoms with Crippen LogP contribution in [0.25, 0.3) is 10.4 Å². The van der Waals surface area contributed by atoms with Crippen molar-refractivity contribution in [2.45, 2.75) is 19.3 Å². The summed E-state index contributed by atoms with van der Waals surface area (Å²) in [7, 11) is 0. The second-order valence-corrected chi connectivity index (χ2v) is 4.27. The van der Waals surface area contributed by atoms with Gasteiger partial charge in [-0.2, -0.15) is 0 Å². The van der Waals surface area contributed by atoms with Gasteiger partial charge in [0.2, 0.25) is 5.91 Å². The van der Waals surface area contributed by atoms with E-state index in [0.29, 0.717) is 19.5 Å². The van der Waals surface area contributed by atoms with E-state index in [1.807, 2.05) is 11.4 Å². The van der Waals surface area contributed by atoms with Crippen LogP contribution in [0.3, 0.4) is 0 Å². The molecule has 1 heterocycles. The lowest BCUT2D eigenvalue weighted by Crippen LogP contribution is -2.25. The molecular formula is C10H14N4OS. The molecule has 16 heavy (non-hydrogen) atoms. The monoisotopic (exact) mass is 238 g/mol. The van der Waals surface area contributed by atoms with E-state index in [2.05, 4.69) is 21.4 Å². The van der Waals surface area contributed by atoms with E-state index < -0.39 is 0 Å². The zero-order valence-electron chi connectivity index (χ0n) is 8.93. The maximum absolute atomic E-state index is 11.3. The SMILES string of the molecule is [N-]=[N+]=NCCNC(=O)CCCc1cccs1. The lowest BCUT2D eigenvalue weighted by atomic mass is 10.2. The highest BCUT2D eigenvalue weighted by Crippen LogP contribution is 2.11. The van der Waals surface area contributed by atoms with Crippen molar-refractivity contribution in [1.82, 2.24) is 5.32 Å². The van der Waals surface area contributed by atoms with Crippen molar-refractivity contribution in [2.24, 2.45) is 5.11 Å². The summed E-state index contributed by atoms with van der Waals surface area (Å²) in [5, 5.41) is 8.07. The number of aryl methyl sites for hydroxylation is 1. The molecule has 0 fully saturated rings. The van der Waals surface area contributed by atoms with Crippen LogP contribution >= 0.6 is 11.3 Å². The number of nitrogens with zero attached hydrogens (tertiary/aromatic N) is 3. The van der Waals surface area contributed by atoms with Gasteiger partial charge in [0.15, 0.2) is 0 Å². The number of carbonyl (C=O) groups is 1. The van der Waals surface area contributed by atoms with Gasteiger partial charge in [-0.1, -0.05) is 11.2 Å². The smallest absolute Gasteiger partial charge is 0.220 e. The minimum absolute atomic E-state index is 0.0182. The number of azide groups is 1. The van der Waals surface area contributed by atoms with Crippen LogP contribution in [0.15, 0.2) is 22.6 Å². The first-order chi connectivity index (χ1) is 7.83. The first-order valence-electron chi connectivity index (χ1n) is 5.13. The van der Waals surface area contributed by atoms with Gasteiger partial charge in [-0.25, -0.2) is 0 Å². The fraction of sp³-hybridized carbons (Fsp3) is 0.500. The van der Waals surface area contributed by atoms with Gasteiger partial charge in [0.1, 0.15) is 0 Å². The van der Waals surface area contributed by atoms with E-state index in [1.54, 1.807) is 11.3 Å². The van der Waals surface area contributed by atoms with Crippen LogP contribution in [0.2, 0.25) is 0 Å². The lowest BCUT2D eigenvalue weighted by Gasteiger charge is -2.02. The first-order valence-corrected chi connectivity index (χ1v) is 6.01. The number of thiophene rings is 1. The Hall–Kier alpha value is -1.52. The molecule has 0 spiro atoms. The number of amides is 1.